The molecule has 2 heterocycles. The molecule has 0 bridgehead atoms. The van der Waals surface area contributed by atoms with Crippen LogP contribution in [0.1, 0.15) is 22.9 Å². The number of hydrogen-bond donors (Lipinski definition) is 2. The van der Waals surface area contributed by atoms with E-state index in [9.17, 15) is 18.4 Å². The van der Waals surface area contributed by atoms with Gasteiger partial charge >= 0.3 is 0 Å². The van der Waals surface area contributed by atoms with Gasteiger partial charge in [-0.25, -0.2) is 13.8 Å². The predicted octanol–water partition coefficient (Wildman–Crippen LogP) is 2.01. The zero-order chi connectivity index (χ0) is 21.3. The quantitative estimate of drug-likeness (QED) is 0.592. The highest BCUT2D eigenvalue weighted by Crippen LogP contribution is 2.22. The molecule has 0 amide bonds. The Morgan fingerprint density at radius 1 is 1.24 bits per heavy atom. The second-order valence-corrected chi connectivity index (χ2v) is 6.89. The first-order valence-corrected chi connectivity index (χ1v) is 9.18. The summed E-state index contributed by atoms with van der Waals surface area (Å²) in [6.07, 6.45) is 0. The van der Waals surface area contributed by atoms with E-state index in [0.717, 1.165) is 16.7 Å². The van der Waals surface area contributed by atoms with E-state index in [1.807, 2.05) is 0 Å². The fraction of sp³-hybridized carbons (Fsp3) is 0.222. The molecule has 0 saturated heterocycles. The Morgan fingerprint density at radius 3 is 2.59 bits per heavy atom. The molecule has 0 saturated carbocycles. The average molecular weight is 468 g/mol. The summed E-state index contributed by atoms with van der Waals surface area (Å²) in [6, 6.07) is 3.07. The number of aromatic nitrogens is 4. The van der Waals surface area contributed by atoms with Gasteiger partial charge in [0.1, 0.15) is 40.1 Å². The first-order chi connectivity index (χ1) is 13.7. The highest BCUT2D eigenvalue weighted by Gasteiger charge is 2.20. The van der Waals surface area contributed by atoms with Crippen molar-refractivity contribution in [2.45, 2.75) is 27.0 Å². The van der Waals surface area contributed by atoms with Crippen LogP contribution in [0.2, 0.25) is 0 Å². The van der Waals surface area contributed by atoms with Crippen LogP contribution in [-0.4, -0.2) is 19.5 Å². The Hall–Kier alpha value is -2.92. The highest BCUT2D eigenvalue weighted by molar-refractivity contribution is 9.10. The van der Waals surface area contributed by atoms with Crippen molar-refractivity contribution in [3.63, 3.8) is 0 Å². The third-order valence-electron chi connectivity index (χ3n) is 4.08. The third kappa shape index (κ3) is 4.10. The molecule has 0 aliphatic rings. The maximum Gasteiger partial charge on any atom is 0.276 e. The van der Waals surface area contributed by atoms with Crippen molar-refractivity contribution in [3.8, 4) is 11.6 Å². The van der Waals surface area contributed by atoms with E-state index in [-0.39, 0.29) is 46.4 Å². The lowest BCUT2D eigenvalue weighted by Gasteiger charge is -2.14. The molecule has 0 aliphatic carbocycles. The Kier molecular flexibility index (Phi) is 5.89. The van der Waals surface area contributed by atoms with Gasteiger partial charge in [0.2, 0.25) is 5.88 Å². The molecule has 2 aromatic heterocycles. The number of nitrogens with two attached hydrogens (primary N) is 1. The van der Waals surface area contributed by atoms with Gasteiger partial charge in [-0.3, -0.25) is 14.2 Å². The normalized spacial score (nSPS) is 11.0. The van der Waals surface area contributed by atoms with E-state index in [0.29, 0.717) is 5.69 Å². The maximum atomic E-state index is 13.8. The summed E-state index contributed by atoms with van der Waals surface area (Å²) in [5, 5.41) is 0. The van der Waals surface area contributed by atoms with Gasteiger partial charge in [0.25, 0.3) is 11.1 Å². The van der Waals surface area contributed by atoms with E-state index in [1.165, 1.54) is 13.0 Å². The molecule has 29 heavy (non-hydrogen) atoms. The number of nitrogens with zero attached hydrogens (tertiary/aromatic N) is 3. The SMILES string of the molecule is Cc1nc(CN)[nH]c(=O)c1-n1c(C)nc(OCc2ccc(F)cc2F)c(Br)c1=O. The van der Waals surface area contributed by atoms with Crippen LogP contribution in [0.4, 0.5) is 8.78 Å². The average Bonchev–Trinajstić information content (AvgIpc) is 2.66. The standard InChI is InChI=1S/C18H16BrF2N5O3/c1-8-15(16(27)25-13(6-22)23-8)26-9(2)24-17(14(19)18(26)28)29-7-10-3-4-11(20)5-12(10)21/h3-5H,6-7,22H2,1-2H3,(H,23,25,27). The molecule has 0 radical (unpaired) electrons. The number of nitrogens with one attached hydrogen (secondary N) is 1. The van der Waals surface area contributed by atoms with E-state index >= 15 is 0 Å². The molecule has 3 N–H and O–H groups in total. The van der Waals surface area contributed by atoms with Crippen LogP contribution in [0, 0.1) is 25.5 Å². The smallest absolute Gasteiger partial charge is 0.276 e. The van der Waals surface area contributed by atoms with E-state index < -0.39 is 22.8 Å². The number of benzene rings is 1. The Balaban J connectivity index is 2.01. The van der Waals surface area contributed by atoms with E-state index in [1.54, 1.807) is 6.92 Å². The summed E-state index contributed by atoms with van der Waals surface area (Å²) in [7, 11) is 0. The molecule has 0 atom stereocenters. The fourth-order valence-electron chi connectivity index (χ4n) is 2.72. The van der Waals surface area contributed by atoms with Crippen molar-refractivity contribution in [1.29, 1.82) is 0 Å². The second-order valence-electron chi connectivity index (χ2n) is 6.09. The minimum absolute atomic E-state index is 0.00836. The van der Waals surface area contributed by atoms with E-state index in [2.05, 4.69) is 30.9 Å². The molecule has 0 spiro atoms. The first-order valence-electron chi connectivity index (χ1n) is 8.39. The second kappa shape index (κ2) is 8.21. The minimum atomic E-state index is -0.778. The monoisotopic (exact) mass is 467 g/mol. The number of aromatic amines is 1. The Morgan fingerprint density at radius 2 is 1.97 bits per heavy atom. The van der Waals surface area contributed by atoms with Crippen molar-refractivity contribution in [3.05, 3.63) is 77.9 Å². The topological polar surface area (TPSA) is 116 Å². The van der Waals surface area contributed by atoms with Gasteiger partial charge < -0.3 is 15.5 Å². The zero-order valence-corrected chi connectivity index (χ0v) is 17.0. The lowest BCUT2D eigenvalue weighted by molar-refractivity contribution is 0.283. The van der Waals surface area contributed by atoms with Gasteiger partial charge in [0, 0.05) is 11.6 Å². The molecule has 152 valence electrons. The Bertz CT molecular complexity index is 1210. The largest absolute Gasteiger partial charge is 0.472 e. The van der Waals surface area contributed by atoms with Crippen molar-refractivity contribution >= 4 is 15.9 Å². The van der Waals surface area contributed by atoms with Crippen LogP contribution in [0.5, 0.6) is 5.88 Å². The number of hydrogen-bond acceptors (Lipinski definition) is 6. The van der Waals surface area contributed by atoms with Gasteiger partial charge in [0.15, 0.2) is 0 Å². The molecule has 0 fully saturated rings. The number of rotatable bonds is 5. The van der Waals surface area contributed by atoms with Crippen LogP contribution in [0.25, 0.3) is 5.69 Å². The number of H-pyrrole nitrogens is 1. The van der Waals surface area contributed by atoms with Crippen LogP contribution in [-0.2, 0) is 13.2 Å². The van der Waals surface area contributed by atoms with E-state index in [4.69, 9.17) is 10.5 Å². The van der Waals surface area contributed by atoms with Gasteiger partial charge in [-0.2, -0.15) is 4.98 Å². The highest BCUT2D eigenvalue weighted by atomic mass is 79.9. The summed E-state index contributed by atoms with van der Waals surface area (Å²) in [6.45, 7) is 2.85. The van der Waals surface area contributed by atoms with Crippen molar-refractivity contribution < 1.29 is 13.5 Å². The van der Waals surface area contributed by atoms with Gasteiger partial charge in [-0.05, 0) is 41.9 Å². The summed E-state index contributed by atoms with van der Waals surface area (Å²) >= 11 is 3.12. The molecular weight excluding hydrogens is 452 g/mol. The molecular formula is C18H16BrF2N5O3. The molecule has 3 rings (SSSR count). The lowest BCUT2D eigenvalue weighted by Crippen LogP contribution is -2.31. The zero-order valence-electron chi connectivity index (χ0n) is 15.4. The molecule has 1 aromatic carbocycles. The molecule has 11 heteroatoms. The summed E-state index contributed by atoms with van der Waals surface area (Å²) in [4.78, 5) is 36.2. The van der Waals surface area contributed by atoms with Crippen molar-refractivity contribution in [2.24, 2.45) is 5.73 Å². The minimum Gasteiger partial charge on any atom is -0.472 e. The molecule has 0 unspecified atom stereocenters. The van der Waals surface area contributed by atoms with Crippen LogP contribution < -0.4 is 21.6 Å². The van der Waals surface area contributed by atoms with Gasteiger partial charge in [0.05, 0.1) is 12.2 Å². The maximum absolute atomic E-state index is 13.8. The summed E-state index contributed by atoms with van der Waals surface area (Å²) in [5.41, 5.74) is 4.75. The van der Waals surface area contributed by atoms with Crippen LogP contribution >= 0.6 is 15.9 Å². The third-order valence-corrected chi connectivity index (χ3v) is 4.76. The summed E-state index contributed by atoms with van der Waals surface area (Å²) in [5.74, 6) is -1.13. The van der Waals surface area contributed by atoms with Gasteiger partial charge in [-0.15, -0.1) is 0 Å². The first kappa shape index (κ1) is 20.8. The Labute approximate surface area is 171 Å². The molecule has 3 aromatic rings. The number of ether oxygens (including phenoxy) is 1. The number of aryl methyl sites for hydroxylation is 2. The number of halogens is 3. The van der Waals surface area contributed by atoms with Crippen molar-refractivity contribution in [1.82, 2.24) is 19.5 Å². The predicted molar refractivity (Wildman–Crippen MR) is 104 cm³/mol. The lowest BCUT2D eigenvalue weighted by atomic mass is 10.2. The van der Waals surface area contributed by atoms with Gasteiger partial charge in [-0.1, -0.05) is 0 Å². The molecule has 8 nitrogen and oxygen atoms in total. The fourth-order valence-corrected chi connectivity index (χ4v) is 3.10. The molecule has 0 aliphatic heterocycles. The van der Waals surface area contributed by atoms with Crippen LogP contribution in [0.3, 0.4) is 0 Å². The van der Waals surface area contributed by atoms with Crippen molar-refractivity contribution in [2.75, 3.05) is 0 Å². The van der Waals surface area contributed by atoms with Crippen LogP contribution in [0.15, 0.2) is 32.3 Å². The summed E-state index contributed by atoms with van der Waals surface area (Å²) < 4.78 is 33.3.